The SMILES string of the molecule is CC1(C)OB(c2ccc(CONC(=O)C=Cc3ccn(S(=O)[O-])c3)cc2)OC1(C)C. The molecule has 2 heterocycles. The van der Waals surface area contributed by atoms with Crippen LogP contribution in [-0.2, 0) is 36.8 Å². The normalized spacial score (nSPS) is 18.6. The standard InChI is InChI=1S/C20H25BN2O6S/c1-19(2)20(3,4)29-21(28-19)17-8-5-16(6-9-17)14-27-22-18(24)10-7-15-11-12-23(13-15)30(25)26/h5-13H,14H2,1-4H3,(H,22,24)(H,25,26)/p-1. The number of carbonyl (C=O) groups excluding carboxylic acids is 1. The Bertz CT molecular complexity index is 938. The summed E-state index contributed by atoms with van der Waals surface area (Å²) in [5.74, 6) is -0.458. The van der Waals surface area contributed by atoms with Crippen molar-refractivity contribution in [2.45, 2.75) is 45.5 Å². The van der Waals surface area contributed by atoms with Crippen molar-refractivity contribution < 1.29 is 27.7 Å². The molecule has 3 rings (SSSR count). The van der Waals surface area contributed by atoms with Gasteiger partial charge >= 0.3 is 7.12 Å². The van der Waals surface area contributed by atoms with Gasteiger partial charge in [0.2, 0.25) is 0 Å². The number of rotatable bonds is 7. The van der Waals surface area contributed by atoms with Crippen LogP contribution in [0.1, 0.15) is 38.8 Å². The Hall–Kier alpha value is -2.24. The molecule has 2 aromatic rings. The predicted octanol–water partition coefficient (Wildman–Crippen LogP) is 1.69. The Morgan fingerprint density at radius 1 is 1.20 bits per heavy atom. The lowest BCUT2D eigenvalue weighted by atomic mass is 9.79. The lowest BCUT2D eigenvalue weighted by Gasteiger charge is -2.32. The Morgan fingerprint density at radius 3 is 2.40 bits per heavy atom. The van der Waals surface area contributed by atoms with Crippen LogP contribution in [0.3, 0.4) is 0 Å². The highest BCUT2D eigenvalue weighted by Gasteiger charge is 2.51. The van der Waals surface area contributed by atoms with E-state index in [4.69, 9.17) is 14.1 Å². The number of carbonyl (C=O) groups is 1. The molecule has 160 valence electrons. The Kier molecular flexibility index (Phi) is 6.64. The number of nitrogens with zero attached hydrogens (tertiary/aromatic N) is 1. The molecule has 0 saturated carbocycles. The number of benzene rings is 1. The van der Waals surface area contributed by atoms with Gasteiger partial charge in [-0.3, -0.25) is 17.8 Å². The van der Waals surface area contributed by atoms with Crippen LogP contribution in [0.25, 0.3) is 6.08 Å². The van der Waals surface area contributed by atoms with Gasteiger partial charge in [-0.2, -0.15) is 0 Å². The number of aromatic nitrogens is 1. The summed E-state index contributed by atoms with van der Waals surface area (Å²) in [7, 11) is -0.427. The molecule has 1 aliphatic rings. The van der Waals surface area contributed by atoms with Crippen LogP contribution in [-0.4, -0.2) is 37.0 Å². The van der Waals surface area contributed by atoms with Crippen molar-refractivity contribution in [3.63, 3.8) is 0 Å². The predicted molar refractivity (Wildman–Crippen MR) is 113 cm³/mol. The molecular formula is C20H24BN2O6S-. The van der Waals surface area contributed by atoms with Crippen LogP contribution in [0.4, 0.5) is 0 Å². The summed E-state index contributed by atoms with van der Waals surface area (Å²) in [4.78, 5) is 17.0. The van der Waals surface area contributed by atoms with Gasteiger partial charge in [-0.1, -0.05) is 24.3 Å². The van der Waals surface area contributed by atoms with E-state index in [0.29, 0.717) is 5.56 Å². The second kappa shape index (κ2) is 8.87. The first-order valence-corrected chi connectivity index (χ1v) is 10.4. The van der Waals surface area contributed by atoms with Gasteiger partial charge in [-0.05, 0) is 56.4 Å². The van der Waals surface area contributed by atoms with E-state index >= 15 is 0 Å². The second-order valence-electron chi connectivity index (χ2n) is 7.94. The first-order chi connectivity index (χ1) is 14.1. The van der Waals surface area contributed by atoms with Crippen molar-refractivity contribution in [3.05, 3.63) is 59.9 Å². The molecule has 30 heavy (non-hydrogen) atoms. The third kappa shape index (κ3) is 5.27. The minimum atomic E-state index is -2.37. The van der Waals surface area contributed by atoms with Crippen molar-refractivity contribution in [2.24, 2.45) is 0 Å². The lowest BCUT2D eigenvalue weighted by molar-refractivity contribution is -0.129. The minimum absolute atomic E-state index is 0.189. The zero-order chi connectivity index (χ0) is 21.9. The highest BCUT2D eigenvalue weighted by atomic mass is 32.2. The van der Waals surface area contributed by atoms with E-state index in [2.05, 4.69) is 5.48 Å². The molecule has 1 saturated heterocycles. The van der Waals surface area contributed by atoms with Gasteiger partial charge in [0, 0.05) is 18.5 Å². The van der Waals surface area contributed by atoms with Gasteiger partial charge < -0.3 is 13.9 Å². The van der Waals surface area contributed by atoms with Crippen LogP contribution in [0.5, 0.6) is 0 Å². The fraction of sp³-hybridized carbons (Fsp3) is 0.350. The van der Waals surface area contributed by atoms with Crippen molar-refractivity contribution in [2.75, 3.05) is 0 Å². The quantitative estimate of drug-likeness (QED) is 0.310. The van der Waals surface area contributed by atoms with E-state index in [9.17, 15) is 13.6 Å². The number of nitrogens with one attached hydrogen (secondary N) is 1. The van der Waals surface area contributed by atoms with E-state index in [0.717, 1.165) is 15.0 Å². The third-order valence-electron chi connectivity index (χ3n) is 5.21. The van der Waals surface area contributed by atoms with Crippen LogP contribution in [0.2, 0.25) is 0 Å². The van der Waals surface area contributed by atoms with Crippen molar-refractivity contribution in [3.8, 4) is 0 Å². The second-order valence-corrected chi connectivity index (χ2v) is 8.80. The highest BCUT2D eigenvalue weighted by molar-refractivity contribution is 7.77. The van der Waals surface area contributed by atoms with Gasteiger partial charge in [-0.25, -0.2) is 5.48 Å². The van der Waals surface area contributed by atoms with Crippen molar-refractivity contribution >= 4 is 35.8 Å². The molecule has 10 heteroatoms. The van der Waals surface area contributed by atoms with Crippen LogP contribution < -0.4 is 10.9 Å². The molecule has 0 aliphatic carbocycles. The van der Waals surface area contributed by atoms with Crippen molar-refractivity contribution in [1.29, 1.82) is 0 Å². The molecule has 0 bridgehead atoms. The summed E-state index contributed by atoms with van der Waals surface area (Å²) < 4.78 is 34.7. The lowest BCUT2D eigenvalue weighted by Crippen LogP contribution is -2.41. The maximum Gasteiger partial charge on any atom is 0.494 e. The highest BCUT2D eigenvalue weighted by Crippen LogP contribution is 2.36. The van der Waals surface area contributed by atoms with Gasteiger partial charge in [0.05, 0.1) is 29.1 Å². The largest absolute Gasteiger partial charge is 0.755 e. The summed E-state index contributed by atoms with van der Waals surface area (Å²) in [5, 5.41) is 0. The smallest absolute Gasteiger partial charge is 0.494 e. The molecule has 8 nitrogen and oxygen atoms in total. The zero-order valence-electron chi connectivity index (χ0n) is 17.3. The summed E-state index contributed by atoms with van der Waals surface area (Å²) in [6.45, 7) is 8.22. The molecule has 1 amide bonds. The maximum atomic E-state index is 11.8. The monoisotopic (exact) mass is 431 g/mol. The Labute approximate surface area is 178 Å². The summed E-state index contributed by atoms with van der Waals surface area (Å²) in [6, 6.07) is 9.16. The average Bonchev–Trinajstić information content (AvgIpc) is 3.23. The molecule has 1 atom stereocenters. The summed E-state index contributed by atoms with van der Waals surface area (Å²) >= 11 is -2.37. The van der Waals surface area contributed by atoms with Crippen molar-refractivity contribution in [1.82, 2.24) is 9.45 Å². The molecule has 1 aromatic carbocycles. The van der Waals surface area contributed by atoms with Gasteiger partial charge in [0.15, 0.2) is 0 Å². The van der Waals surface area contributed by atoms with Gasteiger partial charge in [-0.15, -0.1) is 0 Å². The zero-order valence-corrected chi connectivity index (χ0v) is 18.1. The minimum Gasteiger partial charge on any atom is -0.755 e. The topological polar surface area (TPSA) is 102 Å². The molecule has 0 radical (unpaired) electrons. The number of hydrogen-bond donors (Lipinski definition) is 1. The molecule has 0 spiro atoms. The maximum absolute atomic E-state index is 11.8. The average molecular weight is 431 g/mol. The van der Waals surface area contributed by atoms with E-state index in [-0.39, 0.29) is 6.61 Å². The molecule has 1 aliphatic heterocycles. The fourth-order valence-electron chi connectivity index (χ4n) is 2.73. The first-order valence-electron chi connectivity index (χ1n) is 9.39. The van der Waals surface area contributed by atoms with Gasteiger partial charge in [0.1, 0.15) is 0 Å². The molecule has 1 unspecified atom stereocenters. The summed E-state index contributed by atoms with van der Waals surface area (Å²) in [6.07, 6.45) is 5.51. The van der Waals surface area contributed by atoms with Crippen LogP contribution in [0, 0.1) is 0 Å². The fourth-order valence-corrected chi connectivity index (χ4v) is 3.10. The molecule has 1 aromatic heterocycles. The summed E-state index contributed by atoms with van der Waals surface area (Å²) in [5.41, 5.74) is 3.88. The van der Waals surface area contributed by atoms with E-state index < -0.39 is 35.5 Å². The van der Waals surface area contributed by atoms with E-state index in [1.165, 1.54) is 24.5 Å². The van der Waals surface area contributed by atoms with Gasteiger partial charge in [0.25, 0.3) is 5.91 Å². The number of amides is 1. The number of hydrogen-bond acceptors (Lipinski definition) is 6. The first kappa shape index (κ1) is 22.5. The van der Waals surface area contributed by atoms with Crippen LogP contribution in [0.15, 0.2) is 48.8 Å². The Morgan fingerprint density at radius 2 is 1.83 bits per heavy atom. The molecule has 1 N–H and O–H groups in total. The van der Waals surface area contributed by atoms with Crippen LogP contribution >= 0.6 is 0 Å². The molecular weight excluding hydrogens is 407 g/mol. The molecule has 1 fully saturated rings. The number of hydroxylamine groups is 1. The third-order valence-corrected chi connectivity index (χ3v) is 5.78. The van der Waals surface area contributed by atoms with E-state index in [1.807, 2.05) is 52.0 Å². The Balaban J connectivity index is 1.47. The van der Waals surface area contributed by atoms with E-state index in [1.54, 1.807) is 6.07 Å².